The van der Waals surface area contributed by atoms with Gasteiger partial charge in [-0.3, -0.25) is 5.10 Å². The summed E-state index contributed by atoms with van der Waals surface area (Å²) in [5.41, 5.74) is 0.464. The number of nitrogens with one attached hydrogen (secondary N) is 1. The van der Waals surface area contributed by atoms with E-state index in [4.69, 9.17) is 12.2 Å². The van der Waals surface area contributed by atoms with Gasteiger partial charge in [-0.2, -0.15) is 5.10 Å². The molecule has 0 saturated carbocycles. The van der Waals surface area contributed by atoms with E-state index in [1.807, 2.05) is 6.92 Å². The highest BCUT2D eigenvalue weighted by Gasteiger charge is 2.12. The summed E-state index contributed by atoms with van der Waals surface area (Å²) < 4.78 is 2.30. The highest BCUT2D eigenvalue weighted by molar-refractivity contribution is 7.71. The zero-order valence-electron chi connectivity index (χ0n) is 9.34. The van der Waals surface area contributed by atoms with Gasteiger partial charge < -0.3 is 14.8 Å². The van der Waals surface area contributed by atoms with Crippen LogP contribution in [0.15, 0.2) is 18.2 Å². The van der Waals surface area contributed by atoms with Crippen molar-refractivity contribution in [2.45, 2.75) is 19.9 Å². The molecule has 0 fully saturated rings. The third-order valence-corrected chi connectivity index (χ3v) is 2.74. The fraction of sp³-hybridized carbons (Fsp3) is 0.273. The van der Waals surface area contributed by atoms with Crippen molar-refractivity contribution < 1.29 is 10.2 Å². The third-order valence-electron chi connectivity index (χ3n) is 2.43. The van der Waals surface area contributed by atoms with Crippen molar-refractivity contribution in [3.63, 3.8) is 0 Å². The molecule has 0 spiro atoms. The molecule has 0 amide bonds. The molecule has 0 aliphatic carbocycles. The van der Waals surface area contributed by atoms with Crippen molar-refractivity contribution in [3.8, 4) is 22.9 Å². The van der Waals surface area contributed by atoms with Crippen LogP contribution in [0.5, 0.6) is 11.5 Å². The Kier molecular flexibility index (Phi) is 3.14. The molecule has 90 valence electrons. The summed E-state index contributed by atoms with van der Waals surface area (Å²) >= 11 is 5.12. The topological polar surface area (TPSA) is 74.1 Å². The number of rotatable bonds is 3. The molecule has 6 heteroatoms. The van der Waals surface area contributed by atoms with E-state index in [9.17, 15) is 10.2 Å². The van der Waals surface area contributed by atoms with Crippen LogP contribution in [0, 0.1) is 4.77 Å². The number of hydrogen-bond acceptors (Lipinski definition) is 4. The molecule has 0 aliphatic rings. The number of aromatic hydroxyl groups is 2. The predicted molar refractivity (Wildman–Crippen MR) is 66.5 cm³/mol. The van der Waals surface area contributed by atoms with Crippen LogP contribution < -0.4 is 0 Å². The van der Waals surface area contributed by atoms with Gasteiger partial charge in [0, 0.05) is 6.54 Å². The van der Waals surface area contributed by atoms with E-state index >= 15 is 0 Å². The molecular formula is C11H13N3O2S. The number of H-pyrrole nitrogens is 1. The maximum Gasteiger partial charge on any atom is 0.195 e. The van der Waals surface area contributed by atoms with Gasteiger partial charge in [0.05, 0.1) is 5.56 Å². The van der Waals surface area contributed by atoms with Crippen LogP contribution >= 0.6 is 12.2 Å². The van der Waals surface area contributed by atoms with Crippen LogP contribution in [0.3, 0.4) is 0 Å². The molecule has 5 nitrogen and oxygen atoms in total. The monoisotopic (exact) mass is 251 g/mol. The van der Waals surface area contributed by atoms with Crippen molar-refractivity contribution in [2.24, 2.45) is 0 Å². The van der Waals surface area contributed by atoms with Crippen molar-refractivity contribution in [1.29, 1.82) is 0 Å². The van der Waals surface area contributed by atoms with E-state index in [1.165, 1.54) is 18.2 Å². The summed E-state index contributed by atoms with van der Waals surface area (Å²) in [6.07, 6.45) is 0.903. The summed E-state index contributed by atoms with van der Waals surface area (Å²) in [5, 5.41) is 26.0. The average Bonchev–Trinajstić information content (AvgIpc) is 2.65. The molecule has 17 heavy (non-hydrogen) atoms. The number of phenols is 2. The minimum absolute atomic E-state index is 0.0640. The molecule has 2 aromatic rings. The number of benzene rings is 1. The highest BCUT2D eigenvalue weighted by atomic mass is 32.1. The second-order valence-electron chi connectivity index (χ2n) is 3.71. The van der Waals surface area contributed by atoms with Gasteiger partial charge in [-0.15, -0.1) is 0 Å². The molecule has 3 N–H and O–H groups in total. The average molecular weight is 251 g/mol. The molecule has 0 bridgehead atoms. The normalized spacial score (nSPS) is 10.6. The molecule has 1 aromatic heterocycles. The lowest BCUT2D eigenvalue weighted by molar-refractivity contribution is 0.461. The second kappa shape index (κ2) is 4.58. The van der Waals surface area contributed by atoms with Crippen molar-refractivity contribution in [3.05, 3.63) is 23.0 Å². The van der Waals surface area contributed by atoms with Gasteiger partial charge in [-0.05, 0) is 36.8 Å². The van der Waals surface area contributed by atoms with Crippen LogP contribution in [0.1, 0.15) is 13.3 Å². The zero-order valence-corrected chi connectivity index (χ0v) is 10.2. The largest absolute Gasteiger partial charge is 0.508 e. The van der Waals surface area contributed by atoms with E-state index in [-0.39, 0.29) is 11.5 Å². The van der Waals surface area contributed by atoms with Crippen LogP contribution in [-0.4, -0.2) is 25.0 Å². The molecule has 1 heterocycles. The van der Waals surface area contributed by atoms with Gasteiger partial charge in [0.2, 0.25) is 0 Å². The Morgan fingerprint density at radius 3 is 2.88 bits per heavy atom. The Bertz CT molecular complexity index is 589. The van der Waals surface area contributed by atoms with Gasteiger partial charge in [-0.1, -0.05) is 6.92 Å². The molecule has 0 saturated heterocycles. The fourth-order valence-electron chi connectivity index (χ4n) is 1.66. The maximum atomic E-state index is 9.78. The smallest absolute Gasteiger partial charge is 0.195 e. The lowest BCUT2D eigenvalue weighted by Crippen LogP contribution is -2.00. The number of hydrogen-bond donors (Lipinski definition) is 3. The molecule has 0 atom stereocenters. The van der Waals surface area contributed by atoms with Crippen LogP contribution in [0.4, 0.5) is 0 Å². The lowest BCUT2D eigenvalue weighted by atomic mass is 10.1. The van der Waals surface area contributed by atoms with Gasteiger partial charge in [0.25, 0.3) is 0 Å². The van der Waals surface area contributed by atoms with E-state index < -0.39 is 0 Å². The summed E-state index contributed by atoms with van der Waals surface area (Å²) in [6.45, 7) is 2.74. The number of nitrogens with zero attached hydrogens (tertiary/aromatic N) is 2. The van der Waals surface area contributed by atoms with Gasteiger partial charge in [-0.25, -0.2) is 0 Å². The number of phenolic OH excluding ortho intramolecular Hbond substituents is 2. The second-order valence-corrected chi connectivity index (χ2v) is 4.09. The molecular weight excluding hydrogens is 238 g/mol. The highest BCUT2D eigenvalue weighted by Crippen LogP contribution is 2.30. The SMILES string of the molecule is CCCn1c(-c2cc(O)ccc2O)n[nH]c1=S. The van der Waals surface area contributed by atoms with Gasteiger partial charge in [0.1, 0.15) is 11.5 Å². The molecule has 2 rings (SSSR count). The summed E-state index contributed by atoms with van der Waals surface area (Å²) in [7, 11) is 0. The Morgan fingerprint density at radius 2 is 2.18 bits per heavy atom. The Labute approximate surface area is 103 Å². The minimum atomic E-state index is 0.0640. The summed E-state index contributed by atoms with van der Waals surface area (Å²) in [5.74, 6) is 0.675. The van der Waals surface area contributed by atoms with Crippen molar-refractivity contribution in [2.75, 3.05) is 0 Å². The maximum absolute atomic E-state index is 9.78. The minimum Gasteiger partial charge on any atom is -0.508 e. The van der Waals surface area contributed by atoms with E-state index in [1.54, 1.807) is 4.57 Å². The Hall–Kier alpha value is -1.82. The summed E-state index contributed by atoms with van der Waals surface area (Å²) in [4.78, 5) is 0. The standard InChI is InChI=1S/C11H13N3O2S/c1-2-5-14-10(12-13-11(14)17)8-6-7(15)3-4-9(8)16/h3-4,6,15-16H,2,5H2,1H3,(H,13,17). The van der Waals surface area contributed by atoms with Crippen molar-refractivity contribution >= 4 is 12.2 Å². The van der Waals surface area contributed by atoms with Crippen molar-refractivity contribution in [1.82, 2.24) is 14.8 Å². The lowest BCUT2D eigenvalue weighted by Gasteiger charge is -2.07. The first-order chi connectivity index (χ1) is 8.13. The predicted octanol–water partition coefficient (Wildman–Crippen LogP) is 2.43. The first-order valence-corrected chi connectivity index (χ1v) is 5.72. The van der Waals surface area contributed by atoms with E-state index in [0.717, 1.165) is 6.42 Å². The molecule has 1 aromatic carbocycles. The van der Waals surface area contributed by atoms with Gasteiger partial charge in [0.15, 0.2) is 10.6 Å². The molecule has 0 aliphatic heterocycles. The van der Waals surface area contributed by atoms with Crippen LogP contribution in [-0.2, 0) is 6.54 Å². The first-order valence-electron chi connectivity index (χ1n) is 5.31. The third kappa shape index (κ3) is 2.16. The fourth-order valence-corrected chi connectivity index (χ4v) is 1.88. The van der Waals surface area contributed by atoms with Crippen LogP contribution in [0.25, 0.3) is 11.4 Å². The number of aromatic nitrogens is 3. The quantitative estimate of drug-likeness (QED) is 0.578. The van der Waals surface area contributed by atoms with E-state index in [0.29, 0.717) is 22.7 Å². The Balaban J connectivity index is 2.60. The number of aromatic amines is 1. The first kappa shape index (κ1) is 11.7. The van der Waals surface area contributed by atoms with Crippen LogP contribution in [0.2, 0.25) is 0 Å². The zero-order chi connectivity index (χ0) is 12.4. The van der Waals surface area contributed by atoms with Gasteiger partial charge >= 0.3 is 0 Å². The van der Waals surface area contributed by atoms with E-state index in [2.05, 4.69) is 10.2 Å². The Morgan fingerprint density at radius 1 is 1.41 bits per heavy atom. The molecule has 0 radical (unpaired) electrons. The molecule has 0 unspecified atom stereocenters. The summed E-state index contributed by atoms with van der Waals surface area (Å²) in [6, 6.07) is 4.31.